The van der Waals surface area contributed by atoms with Crippen LogP contribution in [0.15, 0.2) is 18.3 Å². The highest BCUT2D eigenvalue weighted by Crippen LogP contribution is 2.38. The van der Waals surface area contributed by atoms with Gasteiger partial charge in [-0.2, -0.15) is 0 Å². The van der Waals surface area contributed by atoms with E-state index in [1.54, 1.807) is 12.3 Å². The molecule has 1 aliphatic heterocycles. The minimum atomic E-state index is -0.838. The van der Waals surface area contributed by atoms with Crippen LogP contribution in [0.25, 0.3) is 0 Å². The third kappa shape index (κ3) is 2.28. The monoisotopic (exact) mass is 255 g/mol. The highest BCUT2D eigenvalue weighted by Gasteiger charge is 2.48. The molecule has 1 aliphatic rings. The molecule has 1 fully saturated rings. The second-order valence-electron chi connectivity index (χ2n) is 4.39. The van der Waals surface area contributed by atoms with Crippen molar-refractivity contribution >= 4 is 17.6 Å². The van der Waals surface area contributed by atoms with Gasteiger partial charge in [0.2, 0.25) is 0 Å². The van der Waals surface area contributed by atoms with E-state index < -0.39 is 11.4 Å². The molecule has 17 heavy (non-hydrogen) atoms. The maximum Gasteiger partial charge on any atom is 0.312 e. The summed E-state index contributed by atoms with van der Waals surface area (Å²) < 4.78 is 5.40. The first-order valence-electron chi connectivity index (χ1n) is 5.50. The molecule has 0 aromatic carbocycles. The van der Waals surface area contributed by atoms with Crippen molar-refractivity contribution in [3.05, 3.63) is 29.0 Å². The van der Waals surface area contributed by atoms with Crippen LogP contribution >= 0.6 is 11.6 Å². The number of aromatic nitrogens is 1. The molecule has 1 N–H and O–H groups in total. The van der Waals surface area contributed by atoms with Crippen LogP contribution in [0.5, 0.6) is 0 Å². The lowest BCUT2D eigenvalue weighted by Crippen LogP contribution is -2.39. The summed E-state index contributed by atoms with van der Waals surface area (Å²) in [6, 6.07) is 3.48. The van der Waals surface area contributed by atoms with E-state index in [1.807, 2.05) is 13.0 Å². The van der Waals surface area contributed by atoms with Gasteiger partial charge in [0.05, 0.1) is 11.5 Å². The molecule has 0 saturated carbocycles. The van der Waals surface area contributed by atoms with Gasteiger partial charge in [-0.05, 0) is 31.4 Å². The molecule has 1 aromatic rings. The molecule has 0 amide bonds. The smallest absolute Gasteiger partial charge is 0.312 e. The van der Waals surface area contributed by atoms with Crippen molar-refractivity contribution in [1.82, 2.24) is 4.98 Å². The van der Waals surface area contributed by atoms with Gasteiger partial charge in [-0.3, -0.25) is 4.79 Å². The fourth-order valence-electron chi connectivity index (χ4n) is 2.24. The van der Waals surface area contributed by atoms with Crippen LogP contribution in [-0.2, 0) is 16.0 Å². The fraction of sp³-hybridized carbons (Fsp3) is 0.500. The molecule has 0 spiro atoms. The second-order valence-corrected chi connectivity index (χ2v) is 4.78. The summed E-state index contributed by atoms with van der Waals surface area (Å²) in [5.41, 5.74) is 0.0318. The number of halogens is 1. The number of hydrogen-bond donors (Lipinski definition) is 1. The molecule has 1 saturated heterocycles. The Hall–Kier alpha value is -1.13. The normalized spacial score (nSPS) is 28.2. The molecular weight excluding hydrogens is 242 g/mol. The molecular formula is C12H14ClNO3. The Balaban J connectivity index is 2.24. The molecule has 0 aliphatic carbocycles. The lowest BCUT2D eigenvalue weighted by atomic mass is 9.76. The number of ether oxygens (including phenoxy) is 1. The zero-order chi connectivity index (χ0) is 12.5. The zero-order valence-corrected chi connectivity index (χ0v) is 10.3. The third-order valence-corrected chi connectivity index (χ3v) is 3.65. The predicted molar refractivity (Wildman–Crippen MR) is 63.1 cm³/mol. The highest BCUT2D eigenvalue weighted by molar-refractivity contribution is 6.29. The number of rotatable bonds is 3. The van der Waals surface area contributed by atoms with Gasteiger partial charge in [0, 0.05) is 12.8 Å². The molecule has 2 atom stereocenters. The van der Waals surface area contributed by atoms with E-state index in [-0.39, 0.29) is 6.10 Å². The van der Waals surface area contributed by atoms with Crippen molar-refractivity contribution in [3.63, 3.8) is 0 Å². The Bertz CT molecular complexity index is 420. The van der Waals surface area contributed by atoms with Crippen LogP contribution < -0.4 is 0 Å². The number of hydrogen-bond acceptors (Lipinski definition) is 3. The Kier molecular flexibility index (Phi) is 3.35. The Morgan fingerprint density at radius 2 is 2.47 bits per heavy atom. The lowest BCUT2D eigenvalue weighted by Gasteiger charge is -2.27. The molecule has 1 aromatic heterocycles. The van der Waals surface area contributed by atoms with Crippen molar-refractivity contribution in [2.24, 2.45) is 5.41 Å². The van der Waals surface area contributed by atoms with Crippen LogP contribution in [0.1, 0.15) is 18.9 Å². The second kappa shape index (κ2) is 4.63. The number of nitrogens with zero attached hydrogens (tertiary/aromatic N) is 1. The summed E-state index contributed by atoms with van der Waals surface area (Å²) in [5.74, 6) is -0.808. The number of carbonyl (C=O) groups is 1. The van der Waals surface area contributed by atoms with Gasteiger partial charge in [-0.15, -0.1) is 0 Å². The molecule has 0 radical (unpaired) electrons. The van der Waals surface area contributed by atoms with Gasteiger partial charge in [0.15, 0.2) is 0 Å². The summed E-state index contributed by atoms with van der Waals surface area (Å²) in [4.78, 5) is 15.4. The van der Waals surface area contributed by atoms with Crippen LogP contribution in [-0.4, -0.2) is 28.8 Å². The number of carboxylic acid groups (broad SMARTS) is 1. The molecule has 4 nitrogen and oxygen atoms in total. The number of carboxylic acids is 1. The largest absolute Gasteiger partial charge is 0.481 e. The van der Waals surface area contributed by atoms with Gasteiger partial charge >= 0.3 is 5.97 Å². The van der Waals surface area contributed by atoms with Crippen LogP contribution in [0.3, 0.4) is 0 Å². The molecule has 92 valence electrons. The summed E-state index contributed by atoms with van der Waals surface area (Å²) in [7, 11) is 0. The maximum atomic E-state index is 11.5. The Morgan fingerprint density at radius 1 is 1.71 bits per heavy atom. The van der Waals surface area contributed by atoms with E-state index in [1.165, 1.54) is 0 Å². The average molecular weight is 256 g/mol. The zero-order valence-electron chi connectivity index (χ0n) is 9.52. The SMILES string of the molecule is CC1OCCC1(Cc1ccc(Cl)nc1)C(=O)O. The van der Waals surface area contributed by atoms with E-state index in [0.29, 0.717) is 24.6 Å². The van der Waals surface area contributed by atoms with Gasteiger partial charge in [-0.1, -0.05) is 17.7 Å². The van der Waals surface area contributed by atoms with Gasteiger partial charge < -0.3 is 9.84 Å². The summed E-state index contributed by atoms with van der Waals surface area (Å²) in [5, 5.41) is 9.83. The fourth-order valence-corrected chi connectivity index (χ4v) is 2.36. The summed E-state index contributed by atoms with van der Waals surface area (Å²) in [6.07, 6.45) is 2.30. The van der Waals surface area contributed by atoms with Gasteiger partial charge in [0.1, 0.15) is 5.15 Å². The maximum absolute atomic E-state index is 11.5. The van der Waals surface area contributed by atoms with E-state index in [2.05, 4.69) is 4.98 Å². The first-order valence-corrected chi connectivity index (χ1v) is 5.88. The first kappa shape index (κ1) is 12.3. The average Bonchev–Trinajstić information content (AvgIpc) is 2.65. The summed E-state index contributed by atoms with van der Waals surface area (Å²) in [6.45, 7) is 2.30. The van der Waals surface area contributed by atoms with E-state index in [4.69, 9.17) is 16.3 Å². The van der Waals surface area contributed by atoms with Crippen molar-refractivity contribution in [3.8, 4) is 0 Å². The lowest BCUT2D eigenvalue weighted by molar-refractivity contribution is -0.151. The molecule has 5 heteroatoms. The van der Waals surface area contributed by atoms with Gasteiger partial charge in [0.25, 0.3) is 0 Å². The minimum Gasteiger partial charge on any atom is -0.481 e. The molecule has 0 bridgehead atoms. The molecule has 2 heterocycles. The molecule has 2 rings (SSSR count). The number of pyridine rings is 1. The summed E-state index contributed by atoms with van der Waals surface area (Å²) >= 11 is 5.70. The van der Waals surface area contributed by atoms with Gasteiger partial charge in [-0.25, -0.2) is 4.98 Å². The topological polar surface area (TPSA) is 59.4 Å². The third-order valence-electron chi connectivity index (χ3n) is 3.43. The Labute approximate surface area is 105 Å². The number of aliphatic carboxylic acids is 1. The minimum absolute atomic E-state index is 0.282. The van der Waals surface area contributed by atoms with Crippen LogP contribution in [0, 0.1) is 5.41 Å². The Morgan fingerprint density at radius 3 is 2.94 bits per heavy atom. The van der Waals surface area contributed by atoms with Crippen molar-refractivity contribution in [1.29, 1.82) is 0 Å². The molecule has 2 unspecified atom stereocenters. The van der Waals surface area contributed by atoms with Crippen LogP contribution in [0.4, 0.5) is 0 Å². The first-order chi connectivity index (χ1) is 8.04. The highest BCUT2D eigenvalue weighted by atomic mass is 35.5. The van der Waals surface area contributed by atoms with Crippen molar-refractivity contribution in [2.75, 3.05) is 6.61 Å². The van der Waals surface area contributed by atoms with E-state index >= 15 is 0 Å². The van der Waals surface area contributed by atoms with Crippen LogP contribution in [0.2, 0.25) is 5.15 Å². The van der Waals surface area contributed by atoms with Crippen molar-refractivity contribution < 1.29 is 14.6 Å². The quantitative estimate of drug-likeness (QED) is 0.841. The van der Waals surface area contributed by atoms with E-state index in [0.717, 1.165) is 5.56 Å². The standard InChI is InChI=1S/C12H14ClNO3/c1-8-12(11(15)16,4-5-17-8)6-9-2-3-10(13)14-7-9/h2-3,7-8H,4-6H2,1H3,(H,15,16). The predicted octanol–water partition coefficient (Wildman–Crippen LogP) is 2.16. The van der Waals surface area contributed by atoms with E-state index in [9.17, 15) is 9.90 Å². The van der Waals surface area contributed by atoms with Crippen molar-refractivity contribution in [2.45, 2.75) is 25.9 Å².